The molecule has 0 unspecified atom stereocenters. The van der Waals surface area contributed by atoms with E-state index in [-0.39, 0.29) is 13.3 Å². The molecule has 2 heterocycles. The van der Waals surface area contributed by atoms with Crippen LogP contribution in [0.3, 0.4) is 0 Å². The topological polar surface area (TPSA) is 84.9 Å². The van der Waals surface area contributed by atoms with Crippen molar-refractivity contribution in [3.05, 3.63) is 59.2 Å². The van der Waals surface area contributed by atoms with Gasteiger partial charge in [0.15, 0.2) is 11.5 Å². The number of benzene rings is 2. The van der Waals surface area contributed by atoms with E-state index in [1.165, 1.54) is 6.92 Å². The summed E-state index contributed by atoms with van der Waals surface area (Å²) in [7, 11) is 0. The SMILES string of the molecule is C[C@@H](C(=O)NCc1ccc2c(c1)OCO2)N1C(=O)c2ccccc2C1=O. The maximum absolute atomic E-state index is 12.5. The molecular weight excluding hydrogens is 336 g/mol. The van der Waals surface area contributed by atoms with Crippen LogP contribution in [-0.2, 0) is 11.3 Å². The van der Waals surface area contributed by atoms with Crippen LogP contribution in [0.2, 0.25) is 0 Å². The number of hydrogen-bond acceptors (Lipinski definition) is 5. The molecule has 2 aliphatic rings. The molecule has 7 nitrogen and oxygen atoms in total. The number of ether oxygens (including phenoxy) is 2. The van der Waals surface area contributed by atoms with Crippen LogP contribution in [0, 0.1) is 0 Å². The van der Waals surface area contributed by atoms with Crippen LogP contribution in [0.25, 0.3) is 0 Å². The predicted octanol–water partition coefficient (Wildman–Crippen LogP) is 1.72. The Labute approximate surface area is 149 Å². The molecule has 0 bridgehead atoms. The van der Waals surface area contributed by atoms with Crippen LogP contribution in [0.5, 0.6) is 11.5 Å². The molecule has 2 aromatic rings. The summed E-state index contributed by atoms with van der Waals surface area (Å²) in [5.41, 5.74) is 1.48. The zero-order valence-electron chi connectivity index (χ0n) is 14.0. The average Bonchev–Trinajstić information content (AvgIpc) is 3.22. The maximum atomic E-state index is 12.5. The van der Waals surface area contributed by atoms with Gasteiger partial charge in [-0.15, -0.1) is 0 Å². The predicted molar refractivity (Wildman–Crippen MR) is 90.8 cm³/mol. The lowest BCUT2D eigenvalue weighted by atomic mass is 10.1. The number of fused-ring (bicyclic) bond motifs is 2. The lowest BCUT2D eigenvalue weighted by molar-refractivity contribution is -0.124. The Morgan fingerprint density at radius 2 is 1.73 bits per heavy atom. The molecule has 0 saturated carbocycles. The fourth-order valence-electron chi connectivity index (χ4n) is 3.06. The van der Waals surface area contributed by atoms with Gasteiger partial charge in [-0.2, -0.15) is 0 Å². The van der Waals surface area contributed by atoms with Crippen molar-refractivity contribution in [3.63, 3.8) is 0 Å². The monoisotopic (exact) mass is 352 g/mol. The van der Waals surface area contributed by atoms with Gasteiger partial charge in [-0.3, -0.25) is 19.3 Å². The number of nitrogens with one attached hydrogen (secondary N) is 1. The van der Waals surface area contributed by atoms with Crippen LogP contribution < -0.4 is 14.8 Å². The largest absolute Gasteiger partial charge is 0.454 e. The van der Waals surface area contributed by atoms with Gasteiger partial charge in [0.05, 0.1) is 11.1 Å². The van der Waals surface area contributed by atoms with Gasteiger partial charge in [0.1, 0.15) is 6.04 Å². The standard InChI is InChI=1S/C19H16N2O5/c1-11(21-18(23)13-4-2-3-5-14(13)19(21)24)17(22)20-9-12-6-7-15-16(8-12)26-10-25-15/h2-8,11H,9-10H2,1H3,(H,20,22)/t11-/m0/s1. The molecule has 132 valence electrons. The zero-order chi connectivity index (χ0) is 18.3. The second kappa shape index (κ2) is 6.18. The molecule has 1 atom stereocenters. The Morgan fingerprint density at radius 3 is 2.42 bits per heavy atom. The first-order valence-corrected chi connectivity index (χ1v) is 8.19. The number of rotatable bonds is 4. The van der Waals surface area contributed by atoms with Crippen molar-refractivity contribution in [1.82, 2.24) is 10.2 Å². The lowest BCUT2D eigenvalue weighted by Crippen LogP contribution is -2.47. The third-order valence-electron chi connectivity index (χ3n) is 4.50. The van der Waals surface area contributed by atoms with Gasteiger partial charge in [0.2, 0.25) is 12.7 Å². The number of carbonyl (C=O) groups excluding carboxylic acids is 3. The Balaban J connectivity index is 1.44. The highest BCUT2D eigenvalue weighted by Crippen LogP contribution is 2.32. The summed E-state index contributed by atoms with van der Waals surface area (Å²) in [4.78, 5) is 38.4. The minimum atomic E-state index is -0.906. The first-order valence-electron chi connectivity index (χ1n) is 8.19. The molecule has 0 saturated heterocycles. The summed E-state index contributed by atoms with van der Waals surface area (Å²) in [6.45, 7) is 1.97. The van der Waals surface area contributed by atoms with E-state index in [0.29, 0.717) is 22.6 Å². The summed E-state index contributed by atoms with van der Waals surface area (Å²) < 4.78 is 10.6. The molecule has 0 fully saturated rings. The fourth-order valence-corrected chi connectivity index (χ4v) is 3.06. The maximum Gasteiger partial charge on any atom is 0.262 e. The Hall–Kier alpha value is -3.35. The van der Waals surface area contributed by atoms with Crippen LogP contribution in [0.15, 0.2) is 42.5 Å². The minimum Gasteiger partial charge on any atom is -0.454 e. The van der Waals surface area contributed by atoms with Crippen molar-refractivity contribution in [1.29, 1.82) is 0 Å². The van der Waals surface area contributed by atoms with Gasteiger partial charge in [-0.25, -0.2) is 0 Å². The van der Waals surface area contributed by atoms with Crippen molar-refractivity contribution in [2.24, 2.45) is 0 Å². The molecular formula is C19H16N2O5. The minimum absolute atomic E-state index is 0.182. The van der Waals surface area contributed by atoms with Crippen LogP contribution in [-0.4, -0.2) is 35.5 Å². The van der Waals surface area contributed by atoms with Crippen molar-refractivity contribution in [2.45, 2.75) is 19.5 Å². The molecule has 0 aliphatic carbocycles. The third kappa shape index (κ3) is 2.57. The van der Waals surface area contributed by atoms with Gasteiger partial charge in [0.25, 0.3) is 11.8 Å². The number of imide groups is 1. The third-order valence-corrected chi connectivity index (χ3v) is 4.50. The highest BCUT2D eigenvalue weighted by atomic mass is 16.7. The van der Waals surface area contributed by atoms with E-state index in [0.717, 1.165) is 10.5 Å². The normalized spacial score (nSPS) is 15.8. The second-order valence-corrected chi connectivity index (χ2v) is 6.11. The van der Waals surface area contributed by atoms with E-state index >= 15 is 0 Å². The van der Waals surface area contributed by atoms with E-state index < -0.39 is 23.8 Å². The van der Waals surface area contributed by atoms with Crippen molar-refractivity contribution in [2.75, 3.05) is 6.79 Å². The Morgan fingerprint density at radius 1 is 1.08 bits per heavy atom. The first kappa shape index (κ1) is 16.1. The van der Waals surface area contributed by atoms with E-state index in [1.807, 2.05) is 6.07 Å². The van der Waals surface area contributed by atoms with Gasteiger partial charge >= 0.3 is 0 Å². The molecule has 2 aliphatic heterocycles. The quantitative estimate of drug-likeness (QED) is 0.847. The molecule has 0 radical (unpaired) electrons. The van der Waals surface area contributed by atoms with Crippen molar-refractivity contribution < 1.29 is 23.9 Å². The summed E-state index contributed by atoms with van der Waals surface area (Å²) >= 11 is 0. The molecule has 26 heavy (non-hydrogen) atoms. The molecule has 0 spiro atoms. The summed E-state index contributed by atoms with van der Waals surface area (Å²) in [6, 6.07) is 11.0. The lowest BCUT2D eigenvalue weighted by Gasteiger charge is -2.21. The van der Waals surface area contributed by atoms with E-state index in [4.69, 9.17) is 9.47 Å². The molecule has 1 N–H and O–H groups in total. The summed E-state index contributed by atoms with van der Waals surface area (Å²) in [5.74, 6) is -0.00514. The van der Waals surface area contributed by atoms with E-state index in [9.17, 15) is 14.4 Å². The number of amides is 3. The number of carbonyl (C=O) groups is 3. The summed E-state index contributed by atoms with van der Waals surface area (Å²) in [6.07, 6.45) is 0. The molecule has 7 heteroatoms. The smallest absolute Gasteiger partial charge is 0.262 e. The van der Waals surface area contributed by atoms with Gasteiger partial charge in [-0.05, 0) is 36.8 Å². The van der Waals surface area contributed by atoms with Gasteiger partial charge in [0, 0.05) is 6.54 Å². The molecule has 0 aromatic heterocycles. The second-order valence-electron chi connectivity index (χ2n) is 6.11. The zero-order valence-corrected chi connectivity index (χ0v) is 14.0. The Kier molecular flexibility index (Phi) is 3.84. The Bertz CT molecular complexity index is 889. The van der Waals surface area contributed by atoms with E-state index in [1.54, 1.807) is 36.4 Å². The molecule has 2 aromatic carbocycles. The van der Waals surface area contributed by atoms with Gasteiger partial charge < -0.3 is 14.8 Å². The van der Waals surface area contributed by atoms with Crippen LogP contribution >= 0.6 is 0 Å². The highest BCUT2D eigenvalue weighted by Gasteiger charge is 2.40. The highest BCUT2D eigenvalue weighted by molar-refractivity contribution is 6.22. The van der Waals surface area contributed by atoms with E-state index in [2.05, 4.69) is 5.32 Å². The van der Waals surface area contributed by atoms with Gasteiger partial charge in [-0.1, -0.05) is 18.2 Å². The number of nitrogens with zero attached hydrogens (tertiary/aromatic N) is 1. The van der Waals surface area contributed by atoms with Crippen LogP contribution in [0.1, 0.15) is 33.2 Å². The summed E-state index contributed by atoms with van der Waals surface area (Å²) in [5, 5.41) is 2.75. The fraction of sp³-hybridized carbons (Fsp3) is 0.211. The van der Waals surface area contributed by atoms with Crippen molar-refractivity contribution in [3.8, 4) is 11.5 Å². The molecule has 3 amide bonds. The molecule has 4 rings (SSSR count). The number of hydrogen-bond donors (Lipinski definition) is 1. The average molecular weight is 352 g/mol. The van der Waals surface area contributed by atoms with Crippen LogP contribution in [0.4, 0.5) is 0 Å². The van der Waals surface area contributed by atoms with Crippen molar-refractivity contribution >= 4 is 17.7 Å². The first-order chi connectivity index (χ1) is 12.6.